The van der Waals surface area contributed by atoms with Crippen molar-refractivity contribution in [3.63, 3.8) is 0 Å². The highest BCUT2D eigenvalue weighted by Gasteiger charge is 2.26. The Balaban J connectivity index is 1.38. The Bertz CT molecular complexity index is 1080. The van der Waals surface area contributed by atoms with Gasteiger partial charge in [-0.1, -0.05) is 60.7 Å². The number of esters is 1. The van der Waals surface area contributed by atoms with Crippen molar-refractivity contribution in [2.24, 2.45) is 0 Å². The molecule has 0 aliphatic heterocycles. The van der Waals surface area contributed by atoms with Crippen LogP contribution in [0.4, 0.5) is 0 Å². The fourth-order valence-electron chi connectivity index (χ4n) is 4.99. The van der Waals surface area contributed by atoms with Gasteiger partial charge in [0.25, 0.3) is 0 Å². The lowest BCUT2D eigenvalue weighted by molar-refractivity contribution is -0.156. The van der Waals surface area contributed by atoms with Crippen LogP contribution in [0.3, 0.4) is 0 Å². The van der Waals surface area contributed by atoms with Gasteiger partial charge in [-0.25, -0.2) is 4.79 Å². The maximum Gasteiger partial charge on any atom is 0.335 e. The molecule has 3 aromatic rings. The van der Waals surface area contributed by atoms with E-state index in [1.54, 1.807) is 6.92 Å². The van der Waals surface area contributed by atoms with E-state index in [0.29, 0.717) is 26.2 Å². The minimum atomic E-state index is -0.583. The van der Waals surface area contributed by atoms with E-state index in [2.05, 4.69) is 60.5 Å². The Morgan fingerprint density at radius 1 is 0.889 bits per heavy atom. The number of rotatable bonds is 11. The Morgan fingerprint density at radius 2 is 1.50 bits per heavy atom. The molecule has 0 spiro atoms. The van der Waals surface area contributed by atoms with Crippen LogP contribution in [0.2, 0.25) is 0 Å². The zero-order chi connectivity index (χ0) is 25.3. The van der Waals surface area contributed by atoms with E-state index in [4.69, 9.17) is 14.2 Å². The van der Waals surface area contributed by atoms with Gasteiger partial charge in [-0.2, -0.15) is 0 Å². The third kappa shape index (κ3) is 6.34. The molecule has 0 fully saturated rings. The maximum atomic E-state index is 12.1. The molecule has 3 aromatic carbocycles. The van der Waals surface area contributed by atoms with E-state index in [1.165, 1.54) is 22.3 Å². The third-order valence-corrected chi connectivity index (χ3v) is 6.78. The monoisotopic (exact) mass is 487 g/mol. The molecule has 190 valence electrons. The Labute approximate surface area is 215 Å². The molecule has 1 atom stereocenters. The van der Waals surface area contributed by atoms with E-state index >= 15 is 0 Å². The molecule has 0 N–H and O–H groups in total. The summed E-state index contributed by atoms with van der Waals surface area (Å²) in [6.45, 7) is 5.88. The standard InChI is InChI=1S/C31H37NO4/c1-4-34-29(31(33)35-5-2)22-23-14-18-26(19-15-23)36-21-20-32(3)30-27-12-8-6-10-24(27)16-17-25-11-7-9-13-28(25)30/h6-15,18-19,29-30H,4-5,16-17,20-22H2,1-3H3. The van der Waals surface area contributed by atoms with Crippen LogP contribution in [-0.2, 0) is 33.5 Å². The number of hydrogen-bond donors (Lipinski definition) is 0. The number of likely N-dealkylation sites (N-methyl/N-ethyl adjacent to an activating group) is 1. The molecule has 4 rings (SSSR count). The van der Waals surface area contributed by atoms with Crippen LogP contribution in [0, 0.1) is 0 Å². The molecule has 0 aromatic heterocycles. The second-order valence-electron chi connectivity index (χ2n) is 9.17. The summed E-state index contributed by atoms with van der Waals surface area (Å²) in [5, 5.41) is 0. The van der Waals surface area contributed by atoms with Crippen molar-refractivity contribution in [3.8, 4) is 5.75 Å². The summed E-state index contributed by atoms with van der Waals surface area (Å²) in [4.78, 5) is 14.5. The van der Waals surface area contributed by atoms with Crippen molar-refractivity contribution >= 4 is 5.97 Å². The molecule has 36 heavy (non-hydrogen) atoms. The van der Waals surface area contributed by atoms with E-state index in [1.807, 2.05) is 31.2 Å². The summed E-state index contributed by atoms with van der Waals surface area (Å²) in [6.07, 6.45) is 2.04. The van der Waals surface area contributed by atoms with Crippen LogP contribution < -0.4 is 4.74 Å². The molecule has 1 aliphatic carbocycles. The zero-order valence-electron chi connectivity index (χ0n) is 21.6. The molecular weight excluding hydrogens is 450 g/mol. The molecular formula is C31H37NO4. The van der Waals surface area contributed by atoms with Crippen LogP contribution in [-0.4, -0.2) is 50.4 Å². The number of benzene rings is 3. The van der Waals surface area contributed by atoms with E-state index in [9.17, 15) is 4.79 Å². The van der Waals surface area contributed by atoms with Gasteiger partial charge < -0.3 is 14.2 Å². The number of hydrogen-bond acceptors (Lipinski definition) is 5. The van der Waals surface area contributed by atoms with Crippen molar-refractivity contribution in [3.05, 3.63) is 101 Å². The number of aryl methyl sites for hydroxylation is 2. The summed E-state index contributed by atoms with van der Waals surface area (Å²) in [6, 6.07) is 25.7. The molecule has 1 unspecified atom stereocenters. The van der Waals surface area contributed by atoms with Gasteiger partial charge in [-0.05, 0) is 73.7 Å². The van der Waals surface area contributed by atoms with Gasteiger partial charge in [0, 0.05) is 19.6 Å². The predicted molar refractivity (Wildman–Crippen MR) is 142 cm³/mol. The lowest BCUT2D eigenvalue weighted by Crippen LogP contribution is -2.30. The van der Waals surface area contributed by atoms with Gasteiger partial charge in [0.2, 0.25) is 0 Å². The predicted octanol–water partition coefficient (Wildman–Crippen LogP) is 5.40. The minimum Gasteiger partial charge on any atom is -0.492 e. The number of fused-ring (bicyclic) bond motifs is 2. The number of nitrogens with zero attached hydrogens (tertiary/aromatic N) is 1. The summed E-state index contributed by atoms with van der Waals surface area (Å²) >= 11 is 0. The molecule has 0 radical (unpaired) electrons. The van der Waals surface area contributed by atoms with E-state index < -0.39 is 6.10 Å². The highest BCUT2D eigenvalue weighted by molar-refractivity contribution is 5.75. The largest absolute Gasteiger partial charge is 0.492 e. The average molecular weight is 488 g/mol. The summed E-state index contributed by atoms with van der Waals surface area (Å²) in [5.41, 5.74) is 6.64. The van der Waals surface area contributed by atoms with Crippen molar-refractivity contribution in [2.75, 3.05) is 33.4 Å². The van der Waals surface area contributed by atoms with Gasteiger partial charge in [0.15, 0.2) is 6.10 Å². The number of ether oxygens (including phenoxy) is 3. The first kappa shape index (κ1) is 25.9. The molecule has 1 aliphatic rings. The summed E-state index contributed by atoms with van der Waals surface area (Å²) in [7, 11) is 2.18. The SMILES string of the molecule is CCOC(=O)C(Cc1ccc(OCCN(C)C2c3ccccc3CCc3ccccc32)cc1)OCC. The Hall–Kier alpha value is -3.15. The lowest BCUT2D eigenvalue weighted by Gasteiger charge is -2.30. The van der Waals surface area contributed by atoms with Crippen molar-refractivity contribution < 1.29 is 19.0 Å². The van der Waals surface area contributed by atoms with Crippen LogP contribution in [0.25, 0.3) is 0 Å². The van der Waals surface area contributed by atoms with Crippen molar-refractivity contribution in [1.82, 2.24) is 4.90 Å². The molecule has 0 saturated heterocycles. The normalized spacial score (nSPS) is 14.0. The van der Waals surface area contributed by atoms with Gasteiger partial charge in [0.05, 0.1) is 12.6 Å². The molecule has 5 heteroatoms. The fourth-order valence-corrected chi connectivity index (χ4v) is 4.99. The highest BCUT2D eigenvalue weighted by atomic mass is 16.6. The first-order chi connectivity index (χ1) is 17.6. The molecule has 0 saturated carbocycles. The van der Waals surface area contributed by atoms with Gasteiger partial charge >= 0.3 is 5.97 Å². The first-order valence-corrected chi connectivity index (χ1v) is 13.0. The maximum absolute atomic E-state index is 12.1. The molecule has 0 bridgehead atoms. The second kappa shape index (κ2) is 12.7. The van der Waals surface area contributed by atoms with Crippen molar-refractivity contribution in [1.29, 1.82) is 0 Å². The first-order valence-electron chi connectivity index (χ1n) is 13.0. The second-order valence-corrected chi connectivity index (χ2v) is 9.17. The van der Waals surface area contributed by atoms with Gasteiger partial charge in [0.1, 0.15) is 12.4 Å². The van der Waals surface area contributed by atoms with Crippen LogP contribution in [0.1, 0.15) is 47.7 Å². The van der Waals surface area contributed by atoms with Crippen molar-refractivity contribution in [2.45, 2.75) is 45.3 Å². The summed E-state index contributed by atoms with van der Waals surface area (Å²) < 4.78 is 16.8. The Morgan fingerprint density at radius 3 is 2.08 bits per heavy atom. The molecule has 5 nitrogen and oxygen atoms in total. The van der Waals surface area contributed by atoms with Gasteiger partial charge in [-0.15, -0.1) is 0 Å². The lowest BCUT2D eigenvalue weighted by atomic mass is 9.93. The molecule has 0 heterocycles. The van der Waals surface area contributed by atoms with Crippen LogP contribution in [0.15, 0.2) is 72.8 Å². The van der Waals surface area contributed by atoms with E-state index in [0.717, 1.165) is 30.7 Å². The minimum absolute atomic E-state index is 0.212. The van der Waals surface area contributed by atoms with Crippen LogP contribution >= 0.6 is 0 Å². The number of carbonyl (C=O) groups excluding carboxylic acids is 1. The highest BCUT2D eigenvalue weighted by Crippen LogP contribution is 2.35. The van der Waals surface area contributed by atoms with Crippen LogP contribution in [0.5, 0.6) is 5.75 Å². The fraction of sp³-hybridized carbons (Fsp3) is 0.387. The smallest absolute Gasteiger partial charge is 0.335 e. The molecule has 0 amide bonds. The zero-order valence-corrected chi connectivity index (χ0v) is 21.6. The average Bonchev–Trinajstić information content (AvgIpc) is 3.06. The number of carbonyl (C=O) groups is 1. The van der Waals surface area contributed by atoms with Gasteiger partial charge in [-0.3, -0.25) is 4.90 Å². The third-order valence-electron chi connectivity index (χ3n) is 6.78. The quantitative estimate of drug-likeness (QED) is 0.339. The summed E-state index contributed by atoms with van der Waals surface area (Å²) in [5.74, 6) is 0.502. The topological polar surface area (TPSA) is 48.0 Å². The Kier molecular flexibility index (Phi) is 9.15. The van der Waals surface area contributed by atoms with E-state index in [-0.39, 0.29) is 12.0 Å².